The molecule has 2 aromatic heterocycles. The first-order chi connectivity index (χ1) is 7.75. The van der Waals surface area contributed by atoms with E-state index in [0.29, 0.717) is 12.3 Å². The highest BCUT2D eigenvalue weighted by Crippen LogP contribution is 2.09. The predicted molar refractivity (Wildman–Crippen MR) is 60.5 cm³/mol. The minimum absolute atomic E-state index is 0.187. The molecule has 0 aliphatic rings. The molecule has 0 radical (unpaired) electrons. The third-order valence-electron chi connectivity index (χ3n) is 2.11. The number of thiophene rings is 1. The van der Waals surface area contributed by atoms with Crippen LogP contribution in [0.3, 0.4) is 0 Å². The molecule has 0 aliphatic carbocycles. The van der Waals surface area contributed by atoms with Crippen molar-refractivity contribution >= 4 is 17.3 Å². The molecular weight excluding hydrogens is 226 g/mol. The van der Waals surface area contributed by atoms with E-state index in [1.54, 1.807) is 11.3 Å². The molecule has 5 heteroatoms. The van der Waals surface area contributed by atoms with Crippen LogP contribution in [0.2, 0.25) is 0 Å². The molecule has 0 unspecified atom stereocenters. The van der Waals surface area contributed by atoms with Gasteiger partial charge in [0.15, 0.2) is 0 Å². The molecule has 2 heterocycles. The molecular formula is C11H11NO3S. The van der Waals surface area contributed by atoms with Crippen LogP contribution in [-0.4, -0.2) is 11.1 Å². The summed E-state index contributed by atoms with van der Waals surface area (Å²) in [5.41, 5.74) is 1.40. The van der Waals surface area contributed by atoms with Gasteiger partial charge in [-0.1, -0.05) is 0 Å². The topological polar surface area (TPSA) is 62.5 Å². The van der Waals surface area contributed by atoms with E-state index in [2.05, 4.69) is 10.7 Å². The van der Waals surface area contributed by atoms with Crippen LogP contribution >= 0.6 is 11.3 Å². The normalized spacial score (nSPS) is 10.5. The molecule has 16 heavy (non-hydrogen) atoms. The number of rotatable bonds is 5. The van der Waals surface area contributed by atoms with Crippen LogP contribution in [0.5, 0.6) is 0 Å². The fourth-order valence-electron chi connectivity index (χ4n) is 1.31. The fourth-order valence-corrected chi connectivity index (χ4v) is 1.98. The van der Waals surface area contributed by atoms with Crippen molar-refractivity contribution in [1.29, 1.82) is 0 Å². The lowest BCUT2D eigenvalue weighted by Gasteiger charge is -1.99. The van der Waals surface area contributed by atoms with Gasteiger partial charge in [0.25, 0.3) is 0 Å². The molecule has 0 bridgehead atoms. The predicted octanol–water partition coefficient (Wildman–Crippen LogP) is 2.33. The molecule has 2 N–H and O–H groups in total. The van der Waals surface area contributed by atoms with Gasteiger partial charge < -0.3 is 14.8 Å². The molecule has 0 saturated carbocycles. The molecule has 0 aromatic carbocycles. The third-order valence-corrected chi connectivity index (χ3v) is 2.84. The summed E-state index contributed by atoms with van der Waals surface area (Å²) in [4.78, 5) is 10.6. The second-order valence-electron chi connectivity index (χ2n) is 3.34. The highest BCUT2D eigenvalue weighted by Gasteiger charge is 2.07. The lowest BCUT2D eigenvalue weighted by Crippen LogP contribution is -2.11. The molecule has 0 atom stereocenters. The summed E-state index contributed by atoms with van der Waals surface area (Å²) in [7, 11) is 0. The minimum Gasteiger partial charge on any atom is -0.478 e. The standard InChI is InChI=1S/C11H11NO3S/c13-11(14)9-3-10(15-6-9)5-12-4-8-1-2-16-7-8/h1-3,6-7,12H,4-5H2,(H,13,14). The number of carbonyl (C=O) groups is 1. The minimum atomic E-state index is -0.965. The Morgan fingerprint density at radius 1 is 1.50 bits per heavy atom. The molecule has 2 aromatic rings. The Hall–Kier alpha value is -1.59. The highest BCUT2D eigenvalue weighted by molar-refractivity contribution is 7.07. The maximum absolute atomic E-state index is 10.6. The van der Waals surface area contributed by atoms with Gasteiger partial charge in [-0.2, -0.15) is 11.3 Å². The van der Waals surface area contributed by atoms with E-state index in [-0.39, 0.29) is 5.56 Å². The van der Waals surface area contributed by atoms with Gasteiger partial charge in [0.05, 0.1) is 12.1 Å². The van der Waals surface area contributed by atoms with Crippen LogP contribution in [0.15, 0.2) is 33.6 Å². The number of carboxylic acids is 1. The van der Waals surface area contributed by atoms with Gasteiger partial charge in [-0.15, -0.1) is 0 Å². The lowest BCUT2D eigenvalue weighted by molar-refractivity contribution is 0.0696. The van der Waals surface area contributed by atoms with Crippen molar-refractivity contribution in [3.63, 3.8) is 0 Å². The quantitative estimate of drug-likeness (QED) is 0.837. The summed E-state index contributed by atoms with van der Waals surface area (Å²) >= 11 is 1.65. The van der Waals surface area contributed by atoms with E-state index in [9.17, 15) is 4.79 Å². The van der Waals surface area contributed by atoms with Crippen LogP contribution in [0, 0.1) is 0 Å². The monoisotopic (exact) mass is 237 g/mol. The second kappa shape index (κ2) is 4.96. The van der Waals surface area contributed by atoms with Crippen molar-refractivity contribution in [3.8, 4) is 0 Å². The van der Waals surface area contributed by atoms with E-state index >= 15 is 0 Å². The van der Waals surface area contributed by atoms with Gasteiger partial charge in [0, 0.05) is 6.54 Å². The number of aromatic carboxylic acids is 1. The first-order valence-electron chi connectivity index (χ1n) is 4.78. The Labute approximate surface area is 96.5 Å². The summed E-state index contributed by atoms with van der Waals surface area (Å²) < 4.78 is 5.10. The van der Waals surface area contributed by atoms with E-state index < -0.39 is 5.97 Å². The fraction of sp³-hybridized carbons (Fsp3) is 0.182. The van der Waals surface area contributed by atoms with Gasteiger partial charge >= 0.3 is 5.97 Å². The third kappa shape index (κ3) is 2.71. The van der Waals surface area contributed by atoms with E-state index in [1.807, 2.05) is 11.4 Å². The molecule has 4 nitrogen and oxygen atoms in total. The zero-order valence-electron chi connectivity index (χ0n) is 8.47. The summed E-state index contributed by atoms with van der Waals surface area (Å²) in [5, 5.41) is 16.0. The van der Waals surface area contributed by atoms with E-state index in [0.717, 1.165) is 6.54 Å². The van der Waals surface area contributed by atoms with E-state index in [1.165, 1.54) is 17.9 Å². The van der Waals surface area contributed by atoms with Crippen LogP contribution < -0.4 is 5.32 Å². The molecule has 84 valence electrons. The molecule has 0 aliphatic heterocycles. The van der Waals surface area contributed by atoms with Crippen molar-refractivity contribution in [3.05, 3.63) is 46.0 Å². The number of furan rings is 1. The molecule has 0 fully saturated rings. The SMILES string of the molecule is O=C(O)c1coc(CNCc2ccsc2)c1. The molecule has 0 spiro atoms. The first-order valence-corrected chi connectivity index (χ1v) is 5.72. The van der Waals surface area contributed by atoms with Gasteiger partial charge in [0.2, 0.25) is 0 Å². The zero-order valence-corrected chi connectivity index (χ0v) is 9.29. The molecule has 0 saturated heterocycles. The zero-order chi connectivity index (χ0) is 11.4. The smallest absolute Gasteiger partial charge is 0.338 e. The Bertz CT molecular complexity index is 461. The maximum Gasteiger partial charge on any atom is 0.338 e. The summed E-state index contributed by atoms with van der Waals surface area (Å²) in [5.74, 6) is -0.333. The van der Waals surface area contributed by atoms with Crippen LogP contribution in [0.1, 0.15) is 21.7 Å². The molecule has 0 amide bonds. The number of nitrogens with one attached hydrogen (secondary N) is 1. The van der Waals surface area contributed by atoms with Crippen molar-refractivity contribution in [2.75, 3.05) is 0 Å². The highest BCUT2D eigenvalue weighted by atomic mass is 32.1. The van der Waals surface area contributed by atoms with Gasteiger partial charge in [-0.3, -0.25) is 0 Å². The Morgan fingerprint density at radius 3 is 3.00 bits per heavy atom. The van der Waals surface area contributed by atoms with Crippen molar-refractivity contribution in [1.82, 2.24) is 5.32 Å². The molecule has 2 rings (SSSR count). The Morgan fingerprint density at radius 2 is 2.38 bits per heavy atom. The summed E-state index contributed by atoms with van der Waals surface area (Å²) in [6.07, 6.45) is 1.25. The average molecular weight is 237 g/mol. The maximum atomic E-state index is 10.6. The first kappa shape index (κ1) is 10.9. The number of hydrogen-bond acceptors (Lipinski definition) is 4. The number of carboxylic acid groups (broad SMARTS) is 1. The van der Waals surface area contributed by atoms with Crippen molar-refractivity contribution in [2.24, 2.45) is 0 Å². The van der Waals surface area contributed by atoms with Crippen molar-refractivity contribution in [2.45, 2.75) is 13.1 Å². The largest absolute Gasteiger partial charge is 0.478 e. The lowest BCUT2D eigenvalue weighted by atomic mass is 10.3. The van der Waals surface area contributed by atoms with Crippen LogP contribution in [0.4, 0.5) is 0 Å². The van der Waals surface area contributed by atoms with Gasteiger partial charge in [-0.05, 0) is 28.5 Å². The average Bonchev–Trinajstić information content (AvgIpc) is 2.87. The Kier molecular flexibility index (Phi) is 3.38. The number of hydrogen-bond donors (Lipinski definition) is 2. The van der Waals surface area contributed by atoms with E-state index in [4.69, 9.17) is 9.52 Å². The van der Waals surface area contributed by atoms with Crippen LogP contribution in [0.25, 0.3) is 0 Å². The Balaban J connectivity index is 1.83. The second-order valence-corrected chi connectivity index (χ2v) is 4.12. The van der Waals surface area contributed by atoms with Crippen molar-refractivity contribution < 1.29 is 14.3 Å². The van der Waals surface area contributed by atoms with Gasteiger partial charge in [-0.25, -0.2) is 4.79 Å². The van der Waals surface area contributed by atoms with Gasteiger partial charge in [0.1, 0.15) is 12.0 Å². The summed E-state index contributed by atoms with van der Waals surface area (Å²) in [6.45, 7) is 1.29. The summed E-state index contributed by atoms with van der Waals surface area (Å²) in [6, 6.07) is 3.57. The van der Waals surface area contributed by atoms with Crippen LogP contribution in [-0.2, 0) is 13.1 Å².